The fourth-order valence-electron chi connectivity index (χ4n) is 2.14. The third-order valence-corrected chi connectivity index (χ3v) is 4.60. The largest absolute Gasteiger partial charge is 0.493 e. The summed E-state index contributed by atoms with van der Waals surface area (Å²) in [6.07, 6.45) is 1.58. The van der Waals surface area contributed by atoms with Gasteiger partial charge in [0.1, 0.15) is 0 Å². The number of nitrogens with zero attached hydrogens (tertiary/aromatic N) is 1. The molecule has 0 saturated heterocycles. The molecule has 0 atom stereocenters. The van der Waals surface area contributed by atoms with Crippen LogP contribution in [0.4, 0.5) is 0 Å². The Morgan fingerprint density at radius 3 is 2.84 bits per heavy atom. The molecule has 0 spiro atoms. The zero-order valence-electron chi connectivity index (χ0n) is 13.2. The van der Waals surface area contributed by atoms with Gasteiger partial charge in [0, 0.05) is 6.92 Å². The van der Waals surface area contributed by atoms with E-state index in [0.717, 1.165) is 4.88 Å². The molecule has 1 aliphatic heterocycles. The average Bonchev–Trinajstić information content (AvgIpc) is 3.20. The predicted octanol–water partition coefficient (Wildman–Crippen LogP) is 3.79. The Labute approximate surface area is 155 Å². The summed E-state index contributed by atoms with van der Waals surface area (Å²) in [5.41, 5.74) is 0.820. The smallest absolute Gasteiger partial charge is 0.363 e. The van der Waals surface area contributed by atoms with Crippen molar-refractivity contribution in [1.82, 2.24) is 0 Å². The van der Waals surface area contributed by atoms with Crippen LogP contribution in [-0.4, -0.2) is 24.9 Å². The molecule has 0 radical (unpaired) electrons. The van der Waals surface area contributed by atoms with Crippen molar-refractivity contribution in [2.45, 2.75) is 6.92 Å². The lowest BCUT2D eigenvalue weighted by atomic mass is 10.1. The second kappa shape index (κ2) is 7.20. The molecule has 3 rings (SSSR count). The number of rotatable bonds is 4. The number of esters is 2. The van der Waals surface area contributed by atoms with Gasteiger partial charge in [-0.1, -0.05) is 6.07 Å². The van der Waals surface area contributed by atoms with Gasteiger partial charge in [0.05, 0.1) is 16.5 Å². The molecule has 0 saturated carbocycles. The predicted molar refractivity (Wildman–Crippen MR) is 96.9 cm³/mol. The maximum atomic E-state index is 12.0. The molecule has 1 aliphatic rings. The monoisotopic (exact) mass is 421 g/mol. The zero-order chi connectivity index (χ0) is 18.0. The van der Waals surface area contributed by atoms with E-state index in [-0.39, 0.29) is 17.3 Å². The summed E-state index contributed by atoms with van der Waals surface area (Å²) in [4.78, 5) is 28.2. The van der Waals surface area contributed by atoms with Gasteiger partial charge < -0.3 is 14.2 Å². The van der Waals surface area contributed by atoms with E-state index < -0.39 is 11.9 Å². The van der Waals surface area contributed by atoms with E-state index in [4.69, 9.17) is 14.2 Å². The van der Waals surface area contributed by atoms with Crippen LogP contribution in [0.3, 0.4) is 0 Å². The molecule has 0 fully saturated rings. The number of aliphatic imine (C=N–C) groups is 1. The molecule has 8 heteroatoms. The Morgan fingerprint density at radius 1 is 1.40 bits per heavy atom. The minimum Gasteiger partial charge on any atom is -0.493 e. The molecule has 0 bridgehead atoms. The van der Waals surface area contributed by atoms with Crippen LogP contribution in [-0.2, 0) is 14.3 Å². The van der Waals surface area contributed by atoms with E-state index in [1.807, 2.05) is 17.5 Å². The molecule has 1 aromatic carbocycles. The number of halogens is 1. The number of hydrogen-bond donors (Lipinski definition) is 0. The number of carbonyl (C=O) groups is 2. The van der Waals surface area contributed by atoms with E-state index in [2.05, 4.69) is 20.9 Å². The lowest BCUT2D eigenvalue weighted by Gasteiger charge is -2.11. The van der Waals surface area contributed by atoms with E-state index >= 15 is 0 Å². The molecule has 6 nitrogen and oxygen atoms in total. The van der Waals surface area contributed by atoms with E-state index in [1.54, 1.807) is 18.2 Å². The van der Waals surface area contributed by atoms with E-state index in [9.17, 15) is 9.59 Å². The molecule has 2 aromatic rings. The second-order valence-electron chi connectivity index (χ2n) is 4.94. The standard InChI is InChI=1S/C17H12BrNO5S/c1-9(20)23-15-11(18)6-10(8-13(15)22-2)7-12-17(21)24-16(19-12)14-4-3-5-25-14/h3-8H,1-2H3. The zero-order valence-corrected chi connectivity index (χ0v) is 15.6. The van der Waals surface area contributed by atoms with Gasteiger partial charge >= 0.3 is 11.9 Å². The molecule has 1 aromatic heterocycles. The number of hydrogen-bond acceptors (Lipinski definition) is 7. The van der Waals surface area contributed by atoms with E-state index in [0.29, 0.717) is 15.8 Å². The number of carbonyl (C=O) groups excluding carboxylic acids is 2. The maximum absolute atomic E-state index is 12.0. The summed E-state index contributed by atoms with van der Waals surface area (Å²) in [5.74, 6) is -0.0785. The molecule has 0 amide bonds. The summed E-state index contributed by atoms with van der Waals surface area (Å²) >= 11 is 4.77. The minimum atomic E-state index is -0.525. The van der Waals surface area contributed by atoms with Gasteiger partial charge in [0.25, 0.3) is 0 Å². The number of thiophene rings is 1. The number of benzene rings is 1. The Balaban J connectivity index is 1.97. The van der Waals surface area contributed by atoms with Gasteiger partial charge in [-0.05, 0) is 51.1 Å². The molecule has 0 N–H and O–H groups in total. The van der Waals surface area contributed by atoms with Crippen molar-refractivity contribution >= 4 is 51.2 Å². The van der Waals surface area contributed by atoms with Crippen molar-refractivity contribution in [3.05, 3.63) is 50.3 Å². The van der Waals surface area contributed by atoms with Gasteiger partial charge in [0.2, 0.25) is 5.90 Å². The highest BCUT2D eigenvalue weighted by molar-refractivity contribution is 9.10. The summed E-state index contributed by atoms with van der Waals surface area (Å²) < 4.78 is 16.1. The molecule has 0 unspecified atom stereocenters. The summed E-state index contributed by atoms with van der Waals surface area (Å²) in [7, 11) is 1.46. The third-order valence-electron chi connectivity index (χ3n) is 3.15. The number of ether oxygens (including phenoxy) is 3. The first-order valence-electron chi connectivity index (χ1n) is 7.10. The Morgan fingerprint density at radius 2 is 2.20 bits per heavy atom. The van der Waals surface area contributed by atoms with Gasteiger partial charge in [-0.25, -0.2) is 9.79 Å². The first-order chi connectivity index (χ1) is 12.0. The van der Waals surface area contributed by atoms with Crippen LogP contribution in [0.5, 0.6) is 11.5 Å². The summed E-state index contributed by atoms with van der Waals surface area (Å²) in [6.45, 7) is 1.30. The van der Waals surface area contributed by atoms with Crippen molar-refractivity contribution < 1.29 is 23.8 Å². The average molecular weight is 422 g/mol. The van der Waals surface area contributed by atoms with Gasteiger partial charge in [-0.15, -0.1) is 11.3 Å². The third kappa shape index (κ3) is 3.80. The normalized spacial score (nSPS) is 15.1. The molecular weight excluding hydrogens is 410 g/mol. The van der Waals surface area contributed by atoms with E-state index in [1.165, 1.54) is 25.4 Å². The highest BCUT2D eigenvalue weighted by Crippen LogP contribution is 2.37. The fourth-order valence-corrected chi connectivity index (χ4v) is 3.33. The number of cyclic esters (lactones) is 1. The van der Waals surface area contributed by atoms with Crippen molar-refractivity contribution in [3.63, 3.8) is 0 Å². The van der Waals surface area contributed by atoms with Crippen LogP contribution in [0.15, 0.2) is 44.8 Å². The van der Waals surface area contributed by atoms with Crippen molar-refractivity contribution in [1.29, 1.82) is 0 Å². The lowest BCUT2D eigenvalue weighted by Crippen LogP contribution is -2.04. The van der Waals surface area contributed by atoms with Crippen LogP contribution < -0.4 is 9.47 Å². The highest BCUT2D eigenvalue weighted by Gasteiger charge is 2.25. The quantitative estimate of drug-likeness (QED) is 0.426. The summed E-state index contributed by atoms with van der Waals surface area (Å²) in [5, 5.41) is 1.88. The van der Waals surface area contributed by atoms with Crippen molar-refractivity contribution in [2.75, 3.05) is 7.11 Å². The molecule has 0 aliphatic carbocycles. The van der Waals surface area contributed by atoms with Crippen LogP contribution in [0.25, 0.3) is 6.08 Å². The van der Waals surface area contributed by atoms with Crippen molar-refractivity contribution in [3.8, 4) is 11.5 Å². The Bertz CT molecular complexity index is 902. The maximum Gasteiger partial charge on any atom is 0.363 e. The van der Waals surface area contributed by atoms with Gasteiger partial charge in [-0.2, -0.15) is 0 Å². The Hall–Kier alpha value is -2.45. The number of methoxy groups -OCH3 is 1. The first kappa shape index (κ1) is 17.4. The topological polar surface area (TPSA) is 74.2 Å². The van der Waals surface area contributed by atoms with Crippen LogP contribution in [0.2, 0.25) is 0 Å². The van der Waals surface area contributed by atoms with Crippen LogP contribution in [0.1, 0.15) is 17.4 Å². The molecule has 2 heterocycles. The van der Waals surface area contributed by atoms with Crippen LogP contribution >= 0.6 is 27.3 Å². The first-order valence-corrected chi connectivity index (χ1v) is 8.77. The van der Waals surface area contributed by atoms with Crippen molar-refractivity contribution in [2.24, 2.45) is 4.99 Å². The fraction of sp³-hybridized carbons (Fsp3) is 0.118. The molecule has 128 valence electrons. The van der Waals surface area contributed by atoms with Gasteiger partial charge in [0.15, 0.2) is 17.2 Å². The molecule has 25 heavy (non-hydrogen) atoms. The Kier molecular flexibility index (Phi) is 5.00. The van der Waals surface area contributed by atoms with Crippen LogP contribution in [0, 0.1) is 0 Å². The second-order valence-corrected chi connectivity index (χ2v) is 6.74. The summed E-state index contributed by atoms with van der Waals surface area (Å²) in [6, 6.07) is 7.02. The molecular formula is C17H12BrNO5S. The SMILES string of the molecule is COc1cc(C=C2N=C(c3cccs3)OC2=O)cc(Br)c1OC(C)=O. The van der Waals surface area contributed by atoms with Gasteiger partial charge in [-0.3, -0.25) is 4.79 Å². The highest BCUT2D eigenvalue weighted by atomic mass is 79.9. The lowest BCUT2D eigenvalue weighted by molar-refractivity contribution is -0.132. The minimum absolute atomic E-state index is 0.178.